The molecule has 114 valence electrons. The molecular formula is C12H24O7. The maximum Gasteiger partial charge on any atom is 0.186 e. The zero-order chi connectivity index (χ0) is 14.3. The smallest absolute Gasteiger partial charge is 0.186 e. The van der Waals surface area contributed by atoms with Crippen molar-refractivity contribution in [3.63, 3.8) is 0 Å². The molecule has 0 aromatic carbocycles. The molecule has 0 aromatic rings. The molecule has 1 heterocycles. The van der Waals surface area contributed by atoms with Crippen molar-refractivity contribution < 1.29 is 33.5 Å². The van der Waals surface area contributed by atoms with Crippen LogP contribution in [0.5, 0.6) is 0 Å². The highest BCUT2D eigenvalue weighted by Crippen LogP contribution is 2.27. The Hall–Kier alpha value is -0.280. The van der Waals surface area contributed by atoms with Crippen molar-refractivity contribution >= 4 is 0 Å². The van der Waals surface area contributed by atoms with E-state index in [0.717, 1.165) is 0 Å². The number of rotatable bonds is 8. The van der Waals surface area contributed by atoms with Gasteiger partial charge in [0.15, 0.2) is 6.29 Å². The van der Waals surface area contributed by atoms with Gasteiger partial charge in [-0.05, 0) is 0 Å². The largest absolute Gasteiger partial charge is 0.394 e. The van der Waals surface area contributed by atoms with Crippen LogP contribution in [0.2, 0.25) is 0 Å². The third kappa shape index (κ3) is 4.09. The van der Waals surface area contributed by atoms with E-state index in [4.69, 9.17) is 33.5 Å². The first-order valence-corrected chi connectivity index (χ1v) is 6.18. The van der Waals surface area contributed by atoms with Crippen LogP contribution in [-0.2, 0) is 28.4 Å². The molecule has 0 radical (unpaired) electrons. The van der Waals surface area contributed by atoms with Crippen LogP contribution in [0, 0.1) is 0 Å². The molecule has 5 atom stereocenters. The Kier molecular flexibility index (Phi) is 7.77. The fourth-order valence-corrected chi connectivity index (χ4v) is 2.27. The zero-order valence-electron chi connectivity index (χ0n) is 11.9. The maximum absolute atomic E-state index is 8.73. The summed E-state index contributed by atoms with van der Waals surface area (Å²) in [5.74, 6) is 0. The van der Waals surface area contributed by atoms with Crippen molar-refractivity contribution in [3.05, 3.63) is 0 Å². The van der Waals surface area contributed by atoms with Gasteiger partial charge in [0.25, 0.3) is 0 Å². The molecule has 7 heteroatoms. The standard InChI is InChI=1S/C12H24O7/c1-14-9-8(7-18-6-5-13)19-12(17-4)11(16-3)10(9)15-2/h8-13H,5-7H2,1-4H3/t8-,9-,10+,11-,12+/m1/s1. The van der Waals surface area contributed by atoms with Crippen LogP contribution in [0.15, 0.2) is 0 Å². The summed E-state index contributed by atoms with van der Waals surface area (Å²) in [7, 11) is 6.29. The molecule has 1 fully saturated rings. The summed E-state index contributed by atoms with van der Waals surface area (Å²) in [6, 6.07) is 0. The van der Waals surface area contributed by atoms with Gasteiger partial charge < -0.3 is 33.5 Å². The molecule has 0 unspecified atom stereocenters. The third-order valence-electron chi connectivity index (χ3n) is 3.16. The van der Waals surface area contributed by atoms with Gasteiger partial charge in [0.05, 0.1) is 19.8 Å². The molecule has 1 N–H and O–H groups in total. The fourth-order valence-electron chi connectivity index (χ4n) is 2.27. The molecule has 0 aliphatic carbocycles. The first-order valence-electron chi connectivity index (χ1n) is 6.18. The van der Waals surface area contributed by atoms with Crippen LogP contribution in [-0.4, -0.2) is 84.1 Å². The minimum atomic E-state index is -0.552. The topological polar surface area (TPSA) is 75.6 Å². The zero-order valence-corrected chi connectivity index (χ0v) is 11.9. The van der Waals surface area contributed by atoms with E-state index in [1.165, 1.54) is 0 Å². The second kappa shape index (κ2) is 8.80. The lowest BCUT2D eigenvalue weighted by molar-refractivity contribution is -0.308. The Bertz CT molecular complexity index is 238. The van der Waals surface area contributed by atoms with Gasteiger partial charge in [-0.2, -0.15) is 0 Å². The van der Waals surface area contributed by atoms with Crippen molar-refractivity contribution in [2.45, 2.75) is 30.7 Å². The second-order valence-electron chi connectivity index (χ2n) is 4.18. The van der Waals surface area contributed by atoms with E-state index in [1.54, 1.807) is 28.4 Å². The first-order chi connectivity index (χ1) is 9.23. The molecule has 0 aromatic heterocycles. The number of aliphatic hydroxyl groups excluding tert-OH is 1. The van der Waals surface area contributed by atoms with Crippen LogP contribution >= 0.6 is 0 Å². The van der Waals surface area contributed by atoms with E-state index < -0.39 is 6.29 Å². The van der Waals surface area contributed by atoms with Crippen molar-refractivity contribution in [2.75, 3.05) is 48.3 Å². The van der Waals surface area contributed by atoms with Gasteiger partial charge in [-0.3, -0.25) is 0 Å². The van der Waals surface area contributed by atoms with Gasteiger partial charge >= 0.3 is 0 Å². The summed E-state index contributed by atoms with van der Waals surface area (Å²) in [6.45, 7) is 0.501. The number of hydrogen-bond acceptors (Lipinski definition) is 7. The lowest BCUT2D eigenvalue weighted by Crippen LogP contribution is -2.61. The van der Waals surface area contributed by atoms with Crippen molar-refractivity contribution in [1.82, 2.24) is 0 Å². The minimum absolute atomic E-state index is 0.0352. The lowest BCUT2D eigenvalue weighted by atomic mass is 9.98. The number of hydrogen-bond donors (Lipinski definition) is 1. The Morgan fingerprint density at radius 1 is 0.895 bits per heavy atom. The quantitative estimate of drug-likeness (QED) is 0.596. The molecule has 0 spiro atoms. The van der Waals surface area contributed by atoms with Crippen molar-refractivity contribution in [1.29, 1.82) is 0 Å². The van der Waals surface area contributed by atoms with Crippen LogP contribution in [0.4, 0.5) is 0 Å². The Morgan fingerprint density at radius 2 is 1.53 bits per heavy atom. The van der Waals surface area contributed by atoms with E-state index in [9.17, 15) is 0 Å². The van der Waals surface area contributed by atoms with E-state index >= 15 is 0 Å². The predicted octanol–water partition coefficient (Wildman–Crippen LogP) is -0.588. The molecule has 19 heavy (non-hydrogen) atoms. The summed E-state index contributed by atoms with van der Waals surface area (Å²) in [5, 5.41) is 8.73. The maximum atomic E-state index is 8.73. The van der Waals surface area contributed by atoms with Crippen LogP contribution < -0.4 is 0 Å². The highest BCUT2D eigenvalue weighted by Gasteiger charge is 2.47. The van der Waals surface area contributed by atoms with E-state index in [2.05, 4.69) is 0 Å². The molecule has 0 bridgehead atoms. The van der Waals surface area contributed by atoms with Gasteiger partial charge in [0, 0.05) is 28.4 Å². The summed E-state index contributed by atoms with van der Waals surface area (Å²) in [6.07, 6.45) is -1.94. The highest BCUT2D eigenvalue weighted by molar-refractivity contribution is 4.92. The molecule has 1 aliphatic rings. The molecule has 0 amide bonds. The lowest BCUT2D eigenvalue weighted by Gasteiger charge is -2.44. The molecule has 0 saturated carbocycles. The summed E-state index contributed by atoms with van der Waals surface area (Å²) in [5.41, 5.74) is 0. The van der Waals surface area contributed by atoms with Crippen molar-refractivity contribution in [3.8, 4) is 0 Å². The Morgan fingerprint density at radius 3 is 2.00 bits per heavy atom. The van der Waals surface area contributed by atoms with Gasteiger partial charge in [0.1, 0.15) is 24.4 Å². The summed E-state index contributed by atoms with van der Waals surface area (Å²) in [4.78, 5) is 0. The predicted molar refractivity (Wildman–Crippen MR) is 66.0 cm³/mol. The van der Waals surface area contributed by atoms with Gasteiger partial charge in [-0.25, -0.2) is 0 Å². The van der Waals surface area contributed by atoms with Gasteiger partial charge in [0.2, 0.25) is 0 Å². The van der Waals surface area contributed by atoms with E-state index in [0.29, 0.717) is 0 Å². The van der Waals surface area contributed by atoms with E-state index in [1.807, 2.05) is 0 Å². The summed E-state index contributed by atoms with van der Waals surface area (Å²) < 4.78 is 32.6. The SMILES string of the molecule is CO[C@H]1O[C@H](COCCO)[C@@H](OC)[C@H](OC)[C@H]1OC. The normalized spacial score (nSPS) is 35.5. The molecular weight excluding hydrogens is 256 g/mol. The third-order valence-corrected chi connectivity index (χ3v) is 3.16. The van der Waals surface area contributed by atoms with Crippen LogP contribution in [0.3, 0.4) is 0 Å². The summed E-state index contributed by atoms with van der Waals surface area (Å²) >= 11 is 0. The average molecular weight is 280 g/mol. The van der Waals surface area contributed by atoms with Gasteiger partial charge in [-0.1, -0.05) is 0 Å². The number of methoxy groups -OCH3 is 4. The van der Waals surface area contributed by atoms with Crippen LogP contribution in [0.25, 0.3) is 0 Å². The fraction of sp³-hybridized carbons (Fsp3) is 1.00. The minimum Gasteiger partial charge on any atom is -0.394 e. The second-order valence-corrected chi connectivity index (χ2v) is 4.18. The Labute approximate surface area is 113 Å². The number of ether oxygens (including phenoxy) is 6. The molecule has 1 saturated heterocycles. The Balaban J connectivity index is 2.74. The molecule has 7 nitrogen and oxygen atoms in total. The van der Waals surface area contributed by atoms with E-state index in [-0.39, 0.29) is 44.2 Å². The monoisotopic (exact) mass is 280 g/mol. The van der Waals surface area contributed by atoms with Crippen LogP contribution in [0.1, 0.15) is 0 Å². The molecule has 1 aliphatic heterocycles. The first kappa shape index (κ1) is 16.8. The number of aliphatic hydroxyl groups is 1. The molecule has 1 rings (SSSR count). The van der Waals surface area contributed by atoms with Gasteiger partial charge in [-0.15, -0.1) is 0 Å². The highest BCUT2D eigenvalue weighted by atomic mass is 16.7. The average Bonchev–Trinajstić information content (AvgIpc) is 2.45. The van der Waals surface area contributed by atoms with Crippen molar-refractivity contribution in [2.24, 2.45) is 0 Å².